The molecular formula is C30H42N2O2. The second kappa shape index (κ2) is 14.6. The molecule has 0 radical (unpaired) electrons. The maximum atomic E-state index is 12.7. The Labute approximate surface area is 206 Å². The van der Waals surface area contributed by atoms with Gasteiger partial charge in [0.25, 0.3) is 0 Å². The number of unbranched alkanes of at least 4 members (excludes halogenated alkanes) is 1. The van der Waals surface area contributed by atoms with Crippen LogP contribution in [0.1, 0.15) is 81.8 Å². The molecule has 0 spiro atoms. The number of rotatable bonds is 7. The van der Waals surface area contributed by atoms with Crippen LogP contribution >= 0.6 is 0 Å². The fourth-order valence-corrected chi connectivity index (χ4v) is 4.89. The number of carbonyl (C=O) groups is 2. The Morgan fingerprint density at radius 1 is 0.735 bits per heavy atom. The van der Waals surface area contributed by atoms with Crippen LogP contribution in [0.3, 0.4) is 0 Å². The number of hydrogen-bond acceptors (Lipinski definition) is 2. The second-order valence-corrected chi connectivity index (χ2v) is 9.60. The average Bonchev–Trinajstić information content (AvgIpc) is 2.91. The molecule has 1 atom stereocenters. The van der Waals surface area contributed by atoms with Gasteiger partial charge >= 0.3 is 0 Å². The van der Waals surface area contributed by atoms with Gasteiger partial charge in [-0.05, 0) is 56.1 Å². The Balaban J connectivity index is 0.000000196. The zero-order valence-corrected chi connectivity index (χ0v) is 21.0. The summed E-state index contributed by atoms with van der Waals surface area (Å²) in [7, 11) is 0. The summed E-state index contributed by atoms with van der Waals surface area (Å²) < 4.78 is 0. The Bertz CT molecular complexity index is 841. The summed E-state index contributed by atoms with van der Waals surface area (Å²) in [5.74, 6) is 0.694. The van der Waals surface area contributed by atoms with Gasteiger partial charge in [-0.15, -0.1) is 0 Å². The molecule has 0 aliphatic carbocycles. The van der Waals surface area contributed by atoms with Crippen molar-refractivity contribution in [2.24, 2.45) is 0 Å². The van der Waals surface area contributed by atoms with Crippen LogP contribution in [0.25, 0.3) is 0 Å². The average molecular weight is 463 g/mol. The van der Waals surface area contributed by atoms with E-state index in [1.807, 2.05) is 53.4 Å². The minimum absolute atomic E-state index is 0.0687. The number of likely N-dealkylation sites (tertiary alicyclic amines) is 2. The molecule has 4 heteroatoms. The molecule has 2 aliphatic rings. The van der Waals surface area contributed by atoms with E-state index in [4.69, 9.17) is 0 Å². The molecule has 4 nitrogen and oxygen atoms in total. The van der Waals surface area contributed by atoms with Crippen molar-refractivity contribution >= 4 is 11.8 Å². The second-order valence-electron chi connectivity index (χ2n) is 9.60. The van der Waals surface area contributed by atoms with E-state index in [1.165, 1.54) is 44.1 Å². The largest absolute Gasteiger partial charge is 0.342 e. The van der Waals surface area contributed by atoms with E-state index in [-0.39, 0.29) is 11.8 Å². The van der Waals surface area contributed by atoms with Gasteiger partial charge in [0.15, 0.2) is 0 Å². The SMILES string of the molecule is CCCCC(C(=O)N1CCCCC1)c1ccccc1.O=C(Cc1ccccc1)N1CCCCC1. The molecule has 0 bridgehead atoms. The van der Waals surface area contributed by atoms with Gasteiger partial charge in [-0.2, -0.15) is 0 Å². The summed E-state index contributed by atoms with van der Waals surface area (Å²) in [4.78, 5) is 28.7. The molecular weight excluding hydrogens is 420 g/mol. The first-order valence-electron chi connectivity index (χ1n) is 13.3. The van der Waals surface area contributed by atoms with Crippen molar-refractivity contribution in [3.63, 3.8) is 0 Å². The van der Waals surface area contributed by atoms with E-state index in [0.717, 1.165) is 51.0 Å². The van der Waals surface area contributed by atoms with Crippen molar-refractivity contribution in [3.05, 3.63) is 71.8 Å². The molecule has 1 unspecified atom stereocenters. The standard InChI is InChI=1S/C17H25NO.C13H17NO/c1-2-3-12-16(15-10-6-4-7-11-15)17(19)18-13-8-5-9-14-18;15-13(14-9-5-2-6-10-14)11-12-7-3-1-4-8-12/h4,6-7,10-11,16H,2-3,5,8-9,12-14H2,1H3;1,3-4,7-8H,2,5-6,9-11H2. The van der Waals surface area contributed by atoms with Gasteiger partial charge in [-0.3, -0.25) is 9.59 Å². The van der Waals surface area contributed by atoms with Gasteiger partial charge in [-0.1, -0.05) is 80.4 Å². The summed E-state index contributed by atoms with van der Waals surface area (Å²) in [6, 6.07) is 20.3. The molecule has 184 valence electrons. The van der Waals surface area contributed by atoms with Crippen molar-refractivity contribution in [2.75, 3.05) is 26.2 Å². The van der Waals surface area contributed by atoms with Gasteiger partial charge in [0, 0.05) is 26.2 Å². The van der Waals surface area contributed by atoms with Crippen LogP contribution in [0.15, 0.2) is 60.7 Å². The number of piperidine rings is 2. The van der Waals surface area contributed by atoms with E-state index in [0.29, 0.717) is 12.3 Å². The molecule has 2 aromatic rings. The third-order valence-electron chi connectivity index (χ3n) is 6.92. The number of nitrogens with zero attached hydrogens (tertiary/aromatic N) is 2. The van der Waals surface area contributed by atoms with Gasteiger partial charge in [0.2, 0.25) is 11.8 Å². The van der Waals surface area contributed by atoms with Crippen LogP contribution in [0.4, 0.5) is 0 Å². The molecule has 2 saturated heterocycles. The summed E-state index contributed by atoms with van der Waals surface area (Å²) >= 11 is 0. The minimum atomic E-state index is 0.0687. The van der Waals surface area contributed by atoms with Crippen LogP contribution in [0.5, 0.6) is 0 Å². The van der Waals surface area contributed by atoms with Crippen molar-refractivity contribution in [2.45, 2.75) is 77.0 Å². The monoisotopic (exact) mass is 462 g/mol. The number of carbonyl (C=O) groups excluding carboxylic acids is 2. The maximum absolute atomic E-state index is 12.7. The van der Waals surface area contributed by atoms with E-state index in [2.05, 4.69) is 24.0 Å². The fourth-order valence-electron chi connectivity index (χ4n) is 4.89. The van der Waals surface area contributed by atoms with Crippen molar-refractivity contribution in [3.8, 4) is 0 Å². The van der Waals surface area contributed by atoms with Crippen LogP contribution in [-0.4, -0.2) is 47.8 Å². The third-order valence-corrected chi connectivity index (χ3v) is 6.92. The van der Waals surface area contributed by atoms with Gasteiger partial charge in [0.05, 0.1) is 12.3 Å². The van der Waals surface area contributed by atoms with Crippen molar-refractivity contribution in [1.82, 2.24) is 9.80 Å². The fraction of sp³-hybridized carbons (Fsp3) is 0.533. The van der Waals surface area contributed by atoms with Crippen molar-refractivity contribution in [1.29, 1.82) is 0 Å². The normalized spacial score (nSPS) is 16.9. The number of benzene rings is 2. The molecule has 2 aliphatic heterocycles. The van der Waals surface area contributed by atoms with Crippen LogP contribution in [0, 0.1) is 0 Å². The Kier molecular flexibility index (Phi) is 11.2. The summed E-state index contributed by atoms with van der Waals surface area (Å²) in [5.41, 5.74) is 2.31. The Hall–Kier alpha value is -2.62. The lowest BCUT2D eigenvalue weighted by atomic mass is 9.91. The first kappa shape index (κ1) is 26.0. The van der Waals surface area contributed by atoms with Crippen LogP contribution in [-0.2, 0) is 16.0 Å². The molecule has 2 heterocycles. The highest BCUT2D eigenvalue weighted by Crippen LogP contribution is 2.26. The Morgan fingerprint density at radius 3 is 1.82 bits per heavy atom. The third kappa shape index (κ3) is 8.30. The quantitative estimate of drug-likeness (QED) is 0.490. The van der Waals surface area contributed by atoms with Crippen LogP contribution < -0.4 is 0 Å². The van der Waals surface area contributed by atoms with Gasteiger partial charge in [-0.25, -0.2) is 0 Å². The molecule has 2 aromatic carbocycles. The molecule has 2 fully saturated rings. The molecule has 0 aromatic heterocycles. The smallest absolute Gasteiger partial charge is 0.230 e. The molecule has 2 amide bonds. The number of amides is 2. The highest BCUT2D eigenvalue weighted by molar-refractivity contribution is 5.83. The first-order valence-corrected chi connectivity index (χ1v) is 13.3. The maximum Gasteiger partial charge on any atom is 0.230 e. The van der Waals surface area contributed by atoms with Crippen molar-refractivity contribution < 1.29 is 9.59 Å². The molecule has 34 heavy (non-hydrogen) atoms. The lowest BCUT2D eigenvalue weighted by Crippen LogP contribution is -2.38. The summed E-state index contributed by atoms with van der Waals surface area (Å²) in [6.07, 6.45) is 11.0. The van der Waals surface area contributed by atoms with E-state index in [9.17, 15) is 9.59 Å². The van der Waals surface area contributed by atoms with Crippen LogP contribution in [0.2, 0.25) is 0 Å². The zero-order valence-electron chi connectivity index (χ0n) is 21.0. The Morgan fingerprint density at radius 2 is 1.26 bits per heavy atom. The topological polar surface area (TPSA) is 40.6 Å². The number of hydrogen-bond donors (Lipinski definition) is 0. The predicted octanol–water partition coefficient (Wildman–Crippen LogP) is 6.21. The first-order chi connectivity index (χ1) is 16.7. The predicted molar refractivity (Wildman–Crippen MR) is 140 cm³/mol. The van der Waals surface area contributed by atoms with Gasteiger partial charge < -0.3 is 9.80 Å². The van der Waals surface area contributed by atoms with E-state index >= 15 is 0 Å². The molecule has 0 N–H and O–H groups in total. The summed E-state index contributed by atoms with van der Waals surface area (Å²) in [5, 5.41) is 0. The lowest BCUT2D eigenvalue weighted by Gasteiger charge is -2.30. The van der Waals surface area contributed by atoms with E-state index in [1.54, 1.807) is 0 Å². The molecule has 0 saturated carbocycles. The lowest BCUT2D eigenvalue weighted by molar-refractivity contribution is -0.134. The van der Waals surface area contributed by atoms with Gasteiger partial charge in [0.1, 0.15) is 0 Å². The highest BCUT2D eigenvalue weighted by atomic mass is 16.2. The zero-order chi connectivity index (χ0) is 24.0. The minimum Gasteiger partial charge on any atom is -0.342 e. The summed E-state index contributed by atoms with van der Waals surface area (Å²) in [6.45, 7) is 5.99. The molecule has 4 rings (SSSR count). The van der Waals surface area contributed by atoms with E-state index < -0.39 is 0 Å². The highest BCUT2D eigenvalue weighted by Gasteiger charge is 2.26.